The summed E-state index contributed by atoms with van der Waals surface area (Å²) in [5.74, 6) is -0.489. The lowest BCUT2D eigenvalue weighted by Gasteiger charge is -2.24. The van der Waals surface area contributed by atoms with Gasteiger partial charge in [-0.15, -0.1) is 11.8 Å². The van der Waals surface area contributed by atoms with E-state index in [1.165, 1.54) is 25.4 Å². The number of aromatic nitrogens is 1. The number of fused-ring (bicyclic) bond motifs is 1. The molecule has 4 rings (SSSR count). The number of ether oxygens (including phenoxy) is 2. The standard InChI is InChI=1S/C25H22N2O5S2/c1-14-21(24(30)31-3)22(17-7-11-19(33-4)12-8-17)27-23(29)20(34-25(27)26-14)13-16-5-9-18(10-6-16)32-15(2)28/h5-13,22H,1-4H3/b20-13-/t22-/m1/s1. The number of carbonyl (C=O) groups excluding carboxylic acids is 2. The van der Waals surface area contributed by atoms with E-state index >= 15 is 0 Å². The second kappa shape index (κ2) is 9.82. The molecule has 0 saturated heterocycles. The van der Waals surface area contributed by atoms with Crippen LogP contribution in [0.2, 0.25) is 0 Å². The Kier molecular flexibility index (Phi) is 6.85. The summed E-state index contributed by atoms with van der Waals surface area (Å²) in [6.07, 6.45) is 3.74. The highest BCUT2D eigenvalue weighted by Crippen LogP contribution is 2.31. The Labute approximate surface area is 204 Å². The maximum Gasteiger partial charge on any atom is 0.338 e. The number of hydrogen-bond donors (Lipinski definition) is 0. The molecule has 1 atom stereocenters. The third-order valence-corrected chi connectivity index (χ3v) is 7.02. The van der Waals surface area contributed by atoms with E-state index < -0.39 is 18.0 Å². The molecule has 0 aliphatic carbocycles. The third-order valence-electron chi connectivity index (χ3n) is 5.30. The SMILES string of the molecule is COC(=O)C1=C(C)N=c2s/c(=C\c3ccc(OC(C)=O)cc3)c(=O)n2[C@@H]1c1ccc(SC)cc1. The molecule has 0 spiro atoms. The van der Waals surface area contributed by atoms with E-state index in [9.17, 15) is 14.4 Å². The lowest BCUT2D eigenvalue weighted by Crippen LogP contribution is -2.39. The van der Waals surface area contributed by atoms with Crippen molar-refractivity contribution in [2.45, 2.75) is 24.8 Å². The number of esters is 2. The number of rotatable bonds is 5. The zero-order valence-electron chi connectivity index (χ0n) is 19.0. The molecule has 0 N–H and O–H groups in total. The molecule has 0 radical (unpaired) electrons. The molecule has 0 unspecified atom stereocenters. The zero-order chi connectivity index (χ0) is 24.4. The van der Waals surface area contributed by atoms with Crippen molar-refractivity contribution in [2.75, 3.05) is 13.4 Å². The van der Waals surface area contributed by atoms with Gasteiger partial charge in [0.05, 0.1) is 29.0 Å². The first kappa shape index (κ1) is 23.7. The van der Waals surface area contributed by atoms with Gasteiger partial charge in [0.15, 0.2) is 4.80 Å². The van der Waals surface area contributed by atoms with E-state index in [2.05, 4.69) is 4.99 Å². The van der Waals surface area contributed by atoms with Crippen LogP contribution >= 0.6 is 23.1 Å². The van der Waals surface area contributed by atoms with Crippen LogP contribution in [0.3, 0.4) is 0 Å². The lowest BCUT2D eigenvalue weighted by atomic mass is 9.96. The van der Waals surface area contributed by atoms with Gasteiger partial charge in [0, 0.05) is 11.8 Å². The van der Waals surface area contributed by atoms with Gasteiger partial charge in [-0.1, -0.05) is 35.6 Å². The van der Waals surface area contributed by atoms with Crippen molar-refractivity contribution in [1.82, 2.24) is 4.57 Å². The van der Waals surface area contributed by atoms with Gasteiger partial charge < -0.3 is 9.47 Å². The molecule has 2 heterocycles. The van der Waals surface area contributed by atoms with Crippen LogP contribution in [0.25, 0.3) is 6.08 Å². The summed E-state index contributed by atoms with van der Waals surface area (Å²) in [5.41, 5.74) is 2.17. The van der Waals surface area contributed by atoms with Gasteiger partial charge in [-0.3, -0.25) is 14.2 Å². The predicted octanol–water partition coefficient (Wildman–Crippen LogP) is 3.06. The molecule has 3 aromatic rings. The first-order valence-corrected chi connectivity index (χ1v) is 12.4. The van der Waals surface area contributed by atoms with Crippen LogP contribution in [0.5, 0.6) is 5.75 Å². The van der Waals surface area contributed by atoms with Crippen LogP contribution < -0.4 is 19.6 Å². The number of benzene rings is 2. The quantitative estimate of drug-likeness (QED) is 0.308. The van der Waals surface area contributed by atoms with E-state index in [1.54, 1.807) is 53.6 Å². The maximum atomic E-state index is 13.5. The molecule has 2 aromatic carbocycles. The summed E-state index contributed by atoms with van der Waals surface area (Å²) in [5, 5.41) is 0. The number of carbonyl (C=O) groups is 2. The lowest BCUT2D eigenvalue weighted by molar-refractivity contribution is -0.136. The normalized spacial score (nSPS) is 15.5. The molecular formula is C25H22N2O5S2. The minimum absolute atomic E-state index is 0.249. The molecule has 1 aromatic heterocycles. The van der Waals surface area contributed by atoms with Crippen LogP contribution in [-0.4, -0.2) is 29.9 Å². The molecule has 0 bridgehead atoms. The number of thiazole rings is 1. The van der Waals surface area contributed by atoms with Gasteiger partial charge >= 0.3 is 11.9 Å². The molecule has 9 heteroatoms. The summed E-state index contributed by atoms with van der Waals surface area (Å²) in [6, 6.07) is 14.0. The Morgan fingerprint density at radius 3 is 2.38 bits per heavy atom. The van der Waals surface area contributed by atoms with E-state index in [1.807, 2.05) is 30.5 Å². The Bertz CT molecular complexity index is 1470. The van der Waals surface area contributed by atoms with Crippen molar-refractivity contribution in [1.29, 1.82) is 0 Å². The Balaban J connectivity index is 1.86. The first-order chi connectivity index (χ1) is 16.3. The van der Waals surface area contributed by atoms with Gasteiger partial charge in [0.2, 0.25) is 0 Å². The second-order valence-electron chi connectivity index (χ2n) is 7.51. The van der Waals surface area contributed by atoms with Crippen molar-refractivity contribution in [3.63, 3.8) is 0 Å². The number of nitrogens with zero attached hydrogens (tertiary/aromatic N) is 2. The molecule has 1 aliphatic heterocycles. The maximum absolute atomic E-state index is 13.5. The molecule has 1 aliphatic rings. The van der Waals surface area contributed by atoms with Crippen molar-refractivity contribution in [3.05, 3.63) is 90.6 Å². The van der Waals surface area contributed by atoms with Crippen LogP contribution in [0.4, 0.5) is 0 Å². The zero-order valence-corrected chi connectivity index (χ0v) is 20.7. The fraction of sp³-hybridized carbons (Fsp3) is 0.200. The topological polar surface area (TPSA) is 87.0 Å². The summed E-state index contributed by atoms with van der Waals surface area (Å²) in [4.78, 5) is 43.5. The highest BCUT2D eigenvalue weighted by atomic mass is 32.2. The van der Waals surface area contributed by atoms with Crippen LogP contribution in [0.15, 0.2) is 74.5 Å². The van der Waals surface area contributed by atoms with Gasteiger partial charge in [-0.05, 0) is 54.6 Å². The molecule has 0 fully saturated rings. The number of thioether (sulfide) groups is 1. The van der Waals surface area contributed by atoms with Crippen molar-refractivity contribution >= 4 is 41.1 Å². The number of allylic oxidation sites excluding steroid dienone is 1. The fourth-order valence-corrected chi connectivity index (χ4v) is 5.20. The van der Waals surface area contributed by atoms with Gasteiger partial charge in [-0.25, -0.2) is 9.79 Å². The molecule has 174 valence electrons. The van der Waals surface area contributed by atoms with Crippen molar-refractivity contribution in [3.8, 4) is 5.75 Å². The molecule has 0 saturated carbocycles. The summed E-state index contributed by atoms with van der Waals surface area (Å²) in [6.45, 7) is 3.09. The second-order valence-corrected chi connectivity index (χ2v) is 9.40. The fourth-order valence-electron chi connectivity index (χ4n) is 3.74. The molecule has 7 nitrogen and oxygen atoms in total. The van der Waals surface area contributed by atoms with E-state index in [-0.39, 0.29) is 5.56 Å². The van der Waals surface area contributed by atoms with Crippen LogP contribution in [0, 0.1) is 0 Å². The van der Waals surface area contributed by atoms with E-state index in [0.29, 0.717) is 26.4 Å². The van der Waals surface area contributed by atoms with E-state index in [4.69, 9.17) is 9.47 Å². The average molecular weight is 495 g/mol. The Morgan fingerprint density at radius 1 is 1.12 bits per heavy atom. The van der Waals surface area contributed by atoms with Crippen molar-refractivity contribution < 1.29 is 19.1 Å². The highest BCUT2D eigenvalue weighted by molar-refractivity contribution is 7.98. The summed E-state index contributed by atoms with van der Waals surface area (Å²) >= 11 is 2.87. The monoisotopic (exact) mass is 494 g/mol. The average Bonchev–Trinajstić information content (AvgIpc) is 3.13. The minimum Gasteiger partial charge on any atom is -0.466 e. The molecule has 34 heavy (non-hydrogen) atoms. The minimum atomic E-state index is -0.645. The number of hydrogen-bond acceptors (Lipinski definition) is 8. The van der Waals surface area contributed by atoms with Gasteiger partial charge in [0.25, 0.3) is 5.56 Å². The largest absolute Gasteiger partial charge is 0.466 e. The molecule has 0 amide bonds. The van der Waals surface area contributed by atoms with Gasteiger partial charge in [-0.2, -0.15) is 0 Å². The highest BCUT2D eigenvalue weighted by Gasteiger charge is 2.33. The predicted molar refractivity (Wildman–Crippen MR) is 132 cm³/mol. The Hall–Kier alpha value is -3.43. The molecular weight excluding hydrogens is 472 g/mol. The van der Waals surface area contributed by atoms with Gasteiger partial charge in [0.1, 0.15) is 5.75 Å². The smallest absolute Gasteiger partial charge is 0.338 e. The number of methoxy groups -OCH3 is 1. The third kappa shape index (κ3) is 4.62. The van der Waals surface area contributed by atoms with Crippen molar-refractivity contribution in [2.24, 2.45) is 4.99 Å². The first-order valence-electron chi connectivity index (χ1n) is 10.4. The van der Waals surface area contributed by atoms with Crippen LogP contribution in [-0.2, 0) is 14.3 Å². The summed E-state index contributed by atoms with van der Waals surface area (Å²) in [7, 11) is 1.32. The van der Waals surface area contributed by atoms with E-state index in [0.717, 1.165) is 16.0 Å². The summed E-state index contributed by atoms with van der Waals surface area (Å²) < 4.78 is 12.1. The van der Waals surface area contributed by atoms with Crippen LogP contribution in [0.1, 0.15) is 31.0 Å². The Morgan fingerprint density at radius 2 is 1.79 bits per heavy atom.